The minimum Gasteiger partial charge on any atom is -0.383 e. The minimum absolute atomic E-state index is 0.496. The van der Waals surface area contributed by atoms with Crippen LogP contribution in [0.5, 0.6) is 0 Å². The molecule has 6 heteroatoms. The van der Waals surface area contributed by atoms with Gasteiger partial charge in [0.1, 0.15) is 0 Å². The topological polar surface area (TPSA) is 24.5 Å². The lowest BCUT2D eigenvalue weighted by Gasteiger charge is -2.32. The number of alkyl halides is 3. The molecule has 0 saturated carbocycles. The standard InChI is InChI=1S/C12H15F3N2O/c1-18-7-6-17-5-4-16-10-3-2-9(8-11(10)17)12(13,14)15/h2-3,8,16H,4-7H2,1H3. The molecule has 0 aromatic heterocycles. The van der Waals surface area contributed by atoms with Gasteiger partial charge < -0.3 is 15.0 Å². The summed E-state index contributed by atoms with van der Waals surface area (Å²) in [6.07, 6.45) is -4.31. The van der Waals surface area contributed by atoms with Crippen molar-refractivity contribution in [3.05, 3.63) is 23.8 Å². The van der Waals surface area contributed by atoms with Crippen molar-refractivity contribution in [3.8, 4) is 0 Å². The largest absolute Gasteiger partial charge is 0.416 e. The number of nitrogens with one attached hydrogen (secondary N) is 1. The second-order valence-corrected chi connectivity index (χ2v) is 4.14. The van der Waals surface area contributed by atoms with Crippen LogP contribution in [-0.2, 0) is 10.9 Å². The van der Waals surface area contributed by atoms with Gasteiger partial charge in [0.15, 0.2) is 0 Å². The van der Waals surface area contributed by atoms with E-state index in [-0.39, 0.29) is 0 Å². The van der Waals surface area contributed by atoms with Crippen molar-refractivity contribution in [2.24, 2.45) is 0 Å². The lowest BCUT2D eigenvalue weighted by atomic mass is 10.1. The summed E-state index contributed by atoms with van der Waals surface area (Å²) in [5.74, 6) is 0. The van der Waals surface area contributed by atoms with Crippen LogP contribution in [0.3, 0.4) is 0 Å². The molecule has 0 unspecified atom stereocenters. The molecule has 1 aliphatic rings. The van der Waals surface area contributed by atoms with Crippen LogP contribution in [0.15, 0.2) is 18.2 Å². The molecule has 0 radical (unpaired) electrons. The summed E-state index contributed by atoms with van der Waals surface area (Å²) in [6.45, 7) is 2.49. The van der Waals surface area contributed by atoms with Crippen LogP contribution in [0, 0.1) is 0 Å². The van der Waals surface area contributed by atoms with Gasteiger partial charge in [-0.05, 0) is 18.2 Å². The number of methoxy groups -OCH3 is 1. The molecule has 0 fully saturated rings. The highest BCUT2D eigenvalue weighted by Gasteiger charge is 2.32. The van der Waals surface area contributed by atoms with Gasteiger partial charge in [-0.15, -0.1) is 0 Å². The van der Waals surface area contributed by atoms with E-state index in [9.17, 15) is 13.2 Å². The number of fused-ring (bicyclic) bond motifs is 1. The summed E-state index contributed by atoms with van der Waals surface area (Å²) >= 11 is 0. The Morgan fingerprint density at radius 3 is 2.83 bits per heavy atom. The monoisotopic (exact) mass is 260 g/mol. The quantitative estimate of drug-likeness (QED) is 0.904. The lowest BCUT2D eigenvalue weighted by Crippen LogP contribution is -2.36. The number of nitrogens with zero attached hydrogens (tertiary/aromatic N) is 1. The average molecular weight is 260 g/mol. The van der Waals surface area contributed by atoms with Crippen molar-refractivity contribution in [1.82, 2.24) is 0 Å². The number of halogens is 3. The maximum absolute atomic E-state index is 12.7. The summed E-state index contributed by atoms with van der Waals surface area (Å²) in [5.41, 5.74) is 0.714. The second kappa shape index (κ2) is 5.06. The highest BCUT2D eigenvalue weighted by Crippen LogP contribution is 2.36. The van der Waals surface area contributed by atoms with Gasteiger partial charge in [-0.1, -0.05) is 0 Å². The Morgan fingerprint density at radius 2 is 2.17 bits per heavy atom. The third-order valence-electron chi connectivity index (χ3n) is 2.93. The zero-order valence-corrected chi connectivity index (χ0v) is 10.0. The van der Waals surface area contributed by atoms with Crippen molar-refractivity contribution in [2.45, 2.75) is 6.18 Å². The number of hydrogen-bond acceptors (Lipinski definition) is 3. The Kier molecular flexibility index (Phi) is 3.65. The van der Waals surface area contributed by atoms with Crippen LogP contribution in [0.4, 0.5) is 24.5 Å². The molecule has 0 amide bonds. The van der Waals surface area contributed by atoms with Crippen molar-refractivity contribution in [3.63, 3.8) is 0 Å². The predicted molar refractivity (Wildman–Crippen MR) is 64.0 cm³/mol. The average Bonchev–Trinajstić information content (AvgIpc) is 2.34. The molecule has 3 nitrogen and oxygen atoms in total. The lowest BCUT2D eigenvalue weighted by molar-refractivity contribution is -0.137. The van der Waals surface area contributed by atoms with E-state index in [1.807, 2.05) is 4.90 Å². The summed E-state index contributed by atoms with van der Waals surface area (Å²) in [6, 6.07) is 3.78. The first-order valence-electron chi connectivity index (χ1n) is 5.71. The molecule has 1 N–H and O–H groups in total. The van der Waals surface area contributed by atoms with Gasteiger partial charge in [0, 0.05) is 26.7 Å². The maximum Gasteiger partial charge on any atom is 0.416 e. The van der Waals surface area contributed by atoms with E-state index in [1.165, 1.54) is 12.1 Å². The molecule has 0 saturated heterocycles. The van der Waals surface area contributed by atoms with E-state index < -0.39 is 11.7 Å². The predicted octanol–water partition coefficient (Wildman–Crippen LogP) is 2.58. The van der Waals surface area contributed by atoms with Crippen LogP contribution >= 0.6 is 0 Å². The van der Waals surface area contributed by atoms with E-state index in [0.29, 0.717) is 25.4 Å². The van der Waals surface area contributed by atoms with Gasteiger partial charge >= 0.3 is 6.18 Å². The first-order chi connectivity index (χ1) is 8.52. The molecule has 1 aromatic carbocycles. The van der Waals surface area contributed by atoms with Crippen LogP contribution in [0.1, 0.15) is 5.56 Å². The van der Waals surface area contributed by atoms with Crippen molar-refractivity contribution < 1.29 is 17.9 Å². The molecule has 1 heterocycles. The number of hydrogen-bond donors (Lipinski definition) is 1. The first-order valence-corrected chi connectivity index (χ1v) is 5.71. The van der Waals surface area contributed by atoms with Crippen LogP contribution in [-0.4, -0.2) is 33.4 Å². The Labute approximate surface area is 104 Å². The molecule has 18 heavy (non-hydrogen) atoms. The normalized spacial score (nSPS) is 15.2. The van der Waals surface area contributed by atoms with Gasteiger partial charge in [0.25, 0.3) is 0 Å². The van der Waals surface area contributed by atoms with E-state index in [1.54, 1.807) is 7.11 Å². The number of ether oxygens (including phenoxy) is 1. The molecule has 100 valence electrons. The number of benzene rings is 1. The SMILES string of the molecule is COCCN1CCNc2ccc(C(F)(F)F)cc21. The molecule has 1 aliphatic heterocycles. The van der Waals surface area contributed by atoms with E-state index in [2.05, 4.69) is 5.32 Å². The van der Waals surface area contributed by atoms with Gasteiger partial charge in [-0.25, -0.2) is 0 Å². The molecule has 0 spiro atoms. The van der Waals surface area contributed by atoms with Crippen molar-refractivity contribution in [2.75, 3.05) is 43.6 Å². The van der Waals surface area contributed by atoms with Gasteiger partial charge in [0.2, 0.25) is 0 Å². The zero-order valence-electron chi connectivity index (χ0n) is 10.0. The Hall–Kier alpha value is -1.43. The highest BCUT2D eigenvalue weighted by molar-refractivity contribution is 5.73. The van der Waals surface area contributed by atoms with Crippen molar-refractivity contribution >= 4 is 11.4 Å². The van der Waals surface area contributed by atoms with E-state index in [4.69, 9.17) is 4.74 Å². The fourth-order valence-corrected chi connectivity index (χ4v) is 2.00. The van der Waals surface area contributed by atoms with Crippen LogP contribution in [0.25, 0.3) is 0 Å². The second-order valence-electron chi connectivity index (χ2n) is 4.14. The minimum atomic E-state index is -4.31. The van der Waals surface area contributed by atoms with Crippen molar-refractivity contribution in [1.29, 1.82) is 0 Å². The van der Waals surface area contributed by atoms with Gasteiger partial charge in [0.05, 0.1) is 23.5 Å². The number of anilines is 2. The molecule has 0 atom stereocenters. The molecular weight excluding hydrogens is 245 g/mol. The first kappa shape index (κ1) is 13.0. The Bertz CT molecular complexity index is 420. The third kappa shape index (κ3) is 2.69. The van der Waals surface area contributed by atoms with Gasteiger partial charge in [-0.3, -0.25) is 0 Å². The Balaban J connectivity index is 2.29. The Morgan fingerprint density at radius 1 is 1.39 bits per heavy atom. The smallest absolute Gasteiger partial charge is 0.383 e. The molecule has 0 bridgehead atoms. The third-order valence-corrected chi connectivity index (χ3v) is 2.93. The zero-order chi connectivity index (χ0) is 13.2. The maximum atomic E-state index is 12.7. The summed E-state index contributed by atoms with van der Waals surface area (Å²) in [5, 5.41) is 3.10. The van der Waals surface area contributed by atoms with E-state index in [0.717, 1.165) is 18.3 Å². The van der Waals surface area contributed by atoms with Crippen LogP contribution in [0.2, 0.25) is 0 Å². The van der Waals surface area contributed by atoms with Gasteiger partial charge in [-0.2, -0.15) is 13.2 Å². The summed E-state index contributed by atoms with van der Waals surface area (Å²) in [4.78, 5) is 1.91. The van der Waals surface area contributed by atoms with Crippen LogP contribution < -0.4 is 10.2 Å². The highest BCUT2D eigenvalue weighted by atomic mass is 19.4. The fourth-order valence-electron chi connectivity index (χ4n) is 2.00. The molecule has 1 aromatic rings. The summed E-state index contributed by atoms with van der Waals surface area (Å²) < 4.78 is 43.0. The molecular formula is C12H15F3N2O. The molecule has 0 aliphatic carbocycles. The summed E-state index contributed by atoms with van der Waals surface area (Å²) in [7, 11) is 1.58. The fraction of sp³-hybridized carbons (Fsp3) is 0.500. The molecule has 2 rings (SSSR count). The van der Waals surface area contributed by atoms with E-state index >= 15 is 0 Å². The number of rotatable bonds is 3.